The van der Waals surface area contributed by atoms with Crippen LogP contribution in [-0.2, 0) is 25.8 Å². The first kappa shape index (κ1) is 19.1. The van der Waals surface area contributed by atoms with Crippen molar-refractivity contribution >= 4 is 33.0 Å². The summed E-state index contributed by atoms with van der Waals surface area (Å²) in [4.78, 5) is 26.1. The van der Waals surface area contributed by atoms with E-state index in [9.17, 15) is 18.0 Å². The van der Waals surface area contributed by atoms with Crippen molar-refractivity contribution in [2.75, 3.05) is 22.5 Å². The average Bonchev–Trinajstić information content (AvgIpc) is 2.67. The van der Waals surface area contributed by atoms with Crippen LogP contribution in [0.15, 0.2) is 53.4 Å². The minimum absolute atomic E-state index is 0.105. The molecule has 27 heavy (non-hydrogen) atoms. The lowest BCUT2D eigenvalue weighted by Gasteiger charge is -2.28. The molecule has 0 aromatic heterocycles. The molecule has 3 rings (SSSR count). The second-order valence-corrected chi connectivity index (χ2v) is 8.52. The first-order valence-corrected chi connectivity index (χ1v) is 10.6. The quantitative estimate of drug-likeness (QED) is 0.827. The van der Waals surface area contributed by atoms with Crippen molar-refractivity contribution < 1.29 is 18.0 Å². The predicted molar refractivity (Wildman–Crippen MR) is 105 cm³/mol. The summed E-state index contributed by atoms with van der Waals surface area (Å²) >= 11 is 0. The predicted octanol–water partition coefficient (Wildman–Crippen LogP) is 2.79. The highest BCUT2D eigenvalue weighted by atomic mass is 32.2. The summed E-state index contributed by atoms with van der Waals surface area (Å²) in [5.41, 5.74) is 2.49. The maximum atomic E-state index is 12.3. The largest absolute Gasteiger partial charge is 0.326 e. The monoisotopic (exact) mass is 386 g/mol. The molecule has 0 saturated heterocycles. The van der Waals surface area contributed by atoms with E-state index in [1.54, 1.807) is 29.2 Å². The molecule has 0 radical (unpaired) electrons. The van der Waals surface area contributed by atoms with E-state index in [0.29, 0.717) is 25.1 Å². The molecule has 0 aliphatic carbocycles. The van der Waals surface area contributed by atoms with Gasteiger partial charge in [-0.2, -0.15) is 0 Å². The number of nitrogens with zero attached hydrogens (tertiary/aromatic N) is 1. The number of carbonyl (C=O) groups is 2. The molecule has 7 heteroatoms. The minimum atomic E-state index is -3.48. The van der Waals surface area contributed by atoms with Gasteiger partial charge in [-0.1, -0.05) is 18.2 Å². The molecule has 2 amide bonds. The number of carbonyl (C=O) groups excluding carboxylic acids is 2. The number of benzene rings is 2. The first-order chi connectivity index (χ1) is 12.9. The Balaban J connectivity index is 1.64. The molecule has 1 N–H and O–H groups in total. The summed E-state index contributed by atoms with van der Waals surface area (Å²) < 4.78 is 24.5. The number of rotatable bonds is 6. The van der Waals surface area contributed by atoms with E-state index in [1.165, 1.54) is 12.1 Å². The summed E-state index contributed by atoms with van der Waals surface area (Å²) in [5.74, 6) is -0.493. The Kier molecular flexibility index (Phi) is 5.60. The summed E-state index contributed by atoms with van der Waals surface area (Å²) in [6.45, 7) is 2.53. The van der Waals surface area contributed by atoms with Gasteiger partial charge in [0.15, 0.2) is 9.84 Å². The fourth-order valence-electron chi connectivity index (χ4n) is 3.18. The molecule has 1 aliphatic rings. The third-order valence-corrected chi connectivity index (χ3v) is 6.31. The highest BCUT2D eigenvalue weighted by Crippen LogP contribution is 2.30. The number of amides is 2. The zero-order chi connectivity index (χ0) is 19.4. The van der Waals surface area contributed by atoms with E-state index in [2.05, 4.69) is 5.32 Å². The molecule has 1 aliphatic heterocycles. The van der Waals surface area contributed by atoms with Crippen molar-refractivity contribution in [2.45, 2.75) is 31.1 Å². The van der Waals surface area contributed by atoms with E-state index in [4.69, 9.17) is 0 Å². The van der Waals surface area contributed by atoms with Crippen LogP contribution in [-0.4, -0.2) is 32.5 Å². The standard InChI is InChI=1S/C20H22N2O4S/c1-2-22-18-10-9-16(14-15(18)8-11-20(22)24)21-19(23)12-13-27(25,26)17-6-4-3-5-7-17/h3-7,9-10,14H,2,8,11-13H2,1H3,(H,21,23). The van der Waals surface area contributed by atoms with E-state index < -0.39 is 9.84 Å². The van der Waals surface area contributed by atoms with Crippen LogP contribution in [0.5, 0.6) is 0 Å². The lowest BCUT2D eigenvalue weighted by Crippen LogP contribution is -2.34. The number of hydrogen-bond donors (Lipinski definition) is 1. The maximum Gasteiger partial charge on any atom is 0.227 e. The molecule has 2 aromatic carbocycles. The number of aryl methyl sites for hydroxylation is 1. The van der Waals surface area contributed by atoms with Gasteiger partial charge in [0, 0.05) is 30.8 Å². The molecule has 142 valence electrons. The summed E-state index contributed by atoms with van der Waals surface area (Å²) in [5, 5.41) is 2.75. The molecule has 0 unspecified atom stereocenters. The van der Waals surface area contributed by atoms with Gasteiger partial charge in [0.1, 0.15) is 0 Å². The van der Waals surface area contributed by atoms with Gasteiger partial charge in [0.25, 0.3) is 0 Å². The highest BCUT2D eigenvalue weighted by molar-refractivity contribution is 7.91. The van der Waals surface area contributed by atoms with Crippen LogP contribution in [0.1, 0.15) is 25.3 Å². The third-order valence-electron chi connectivity index (χ3n) is 4.58. The van der Waals surface area contributed by atoms with E-state index >= 15 is 0 Å². The molecule has 0 fully saturated rings. The van der Waals surface area contributed by atoms with Crippen LogP contribution in [0, 0.1) is 0 Å². The van der Waals surface area contributed by atoms with Gasteiger partial charge in [0.2, 0.25) is 11.8 Å². The van der Waals surface area contributed by atoms with Crippen LogP contribution < -0.4 is 10.2 Å². The van der Waals surface area contributed by atoms with Gasteiger partial charge in [-0.15, -0.1) is 0 Å². The number of sulfone groups is 1. The number of nitrogens with one attached hydrogen (secondary N) is 1. The normalized spacial score (nSPS) is 14.0. The Morgan fingerprint density at radius 3 is 2.56 bits per heavy atom. The molecule has 0 spiro atoms. The number of fused-ring (bicyclic) bond motifs is 1. The van der Waals surface area contributed by atoms with Crippen molar-refractivity contribution in [3.63, 3.8) is 0 Å². The molecule has 0 bridgehead atoms. The lowest BCUT2D eigenvalue weighted by molar-refractivity contribution is -0.119. The fraction of sp³-hybridized carbons (Fsp3) is 0.300. The van der Waals surface area contributed by atoms with E-state index in [-0.39, 0.29) is 28.9 Å². The Bertz CT molecular complexity index is 955. The summed E-state index contributed by atoms with van der Waals surface area (Å²) in [6, 6.07) is 13.5. The van der Waals surface area contributed by atoms with Gasteiger partial charge < -0.3 is 10.2 Å². The highest BCUT2D eigenvalue weighted by Gasteiger charge is 2.23. The molecular formula is C20H22N2O4S. The molecule has 1 heterocycles. The zero-order valence-corrected chi connectivity index (χ0v) is 16.0. The Labute approximate surface area is 159 Å². The van der Waals surface area contributed by atoms with Crippen molar-refractivity contribution in [1.82, 2.24) is 0 Å². The maximum absolute atomic E-state index is 12.3. The van der Waals surface area contributed by atoms with Crippen molar-refractivity contribution in [1.29, 1.82) is 0 Å². The molecule has 0 atom stereocenters. The smallest absolute Gasteiger partial charge is 0.227 e. The van der Waals surface area contributed by atoms with Crippen LogP contribution in [0.25, 0.3) is 0 Å². The van der Waals surface area contributed by atoms with Gasteiger partial charge in [0.05, 0.1) is 10.6 Å². The topological polar surface area (TPSA) is 83.6 Å². The number of hydrogen-bond acceptors (Lipinski definition) is 4. The summed E-state index contributed by atoms with van der Waals surface area (Å²) in [6.07, 6.45) is 0.970. The van der Waals surface area contributed by atoms with Gasteiger partial charge >= 0.3 is 0 Å². The first-order valence-electron chi connectivity index (χ1n) is 8.91. The SMILES string of the molecule is CCN1C(=O)CCc2cc(NC(=O)CCS(=O)(=O)c3ccccc3)ccc21. The van der Waals surface area contributed by atoms with Crippen LogP contribution in [0.3, 0.4) is 0 Å². The van der Waals surface area contributed by atoms with Gasteiger partial charge in [-0.05, 0) is 49.2 Å². The second kappa shape index (κ2) is 7.92. The van der Waals surface area contributed by atoms with E-state index in [1.807, 2.05) is 19.1 Å². The Morgan fingerprint density at radius 1 is 1.11 bits per heavy atom. The average molecular weight is 386 g/mol. The van der Waals surface area contributed by atoms with E-state index in [0.717, 1.165) is 11.3 Å². The van der Waals surface area contributed by atoms with Crippen molar-refractivity contribution in [2.24, 2.45) is 0 Å². The van der Waals surface area contributed by atoms with Crippen LogP contribution >= 0.6 is 0 Å². The molecule has 2 aromatic rings. The third kappa shape index (κ3) is 4.36. The summed E-state index contributed by atoms with van der Waals surface area (Å²) in [7, 11) is -3.48. The van der Waals surface area contributed by atoms with Crippen LogP contribution in [0.2, 0.25) is 0 Å². The van der Waals surface area contributed by atoms with Gasteiger partial charge in [-0.3, -0.25) is 9.59 Å². The minimum Gasteiger partial charge on any atom is -0.326 e. The molecular weight excluding hydrogens is 364 g/mol. The zero-order valence-electron chi connectivity index (χ0n) is 15.1. The molecule has 0 saturated carbocycles. The molecule has 6 nitrogen and oxygen atoms in total. The Morgan fingerprint density at radius 2 is 1.85 bits per heavy atom. The number of anilines is 2. The second-order valence-electron chi connectivity index (χ2n) is 6.41. The van der Waals surface area contributed by atoms with Crippen molar-refractivity contribution in [3.05, 3.63) is 54.1 Å². The van der Waals surface area contributed by atoms with Gasteiger partial charge in [-0.25, -0.2) is 8.42 Å². The van der Waals surface area contributed by atoms with Crippen LogP contribution in [0.4, 0.5) is 11.4 Å². The Hall–Kier alpha value is -2.67. The fourth-order valence-corrected chi connectivity index (χ4v) is 4.44. The lowest BCUT2D eigenvalue weighted by atomic mass is 10.0. The van der Waals surface area contributed by atoms with Crippen molar-refractivity contribution in [3.8, 4) is 0 Å².